The first-order valence-electron chi connectivity index (χ1n) is 5.96. The minimum Gasteiger partial charge on any atom is -0.361 e. The molecule has 1 aromatic carbocycles. The van der Waals surface area contributed by atoms with Gasteiger partial charge < -0.3 is 5.32 Å². The number of aliphatic imine (C=N–C) groups is 1. The van der Waals surface area contributed by atoms with Gasteiger partial charge in [0.15, 0.2) is 5.17 Å². The number of hydrogen-bond donors (Lipinski definition) is 1. The summed E-state index contributed by atoms with van der Waals surface area (Å²) in [4.78, 5) is 4.57. The Morgan fingerprint density at radius 1 is 1.41 bits per heavy atom. The van der Waals surface area contributed by atoms with E-state index in [2.05, 4.69) is 29.4 Å². The molecule has 2 nitrogen and oxygen atoms in total. The Morgan fingerprint density at radius 2 is 2.18 bits per heavy atom. The predicted octanol–water partition coefficient (Wildman–Crippen LogP) is 3.35. The highest BCUT2D eigenvalue weighted by Gasteiger charge is 2.17. The van der Waals surface area contributed by atoms with E-state index in [1.165, 1.54) is 12.0 Å². The molecule has 4 heteroatoms. The van der Waals surface area contributed by atoms with Crippen LogP contribution in [0.4, 0.5) is 0 Å². The van der Waals surface area contributed by atoms with E-state index < -0.39 is 0 Å². The second-order valence-electron chi connectivity index (χ2n) is 4.12. The van der Waals surface area contributed by atoms with Crippen LogP contribution in [0.2, 0.25) is 5.02 Å². The van der Waals surface area contributed by atoms with Gasteiger partial charge in [0.05, 0.1) is 0 Å². The van der Waals surface area contributed by atoms with Crippen molar-refractivity contribution in [1.82, 2.24) is 5.32 Å². The van der Waals surface area contributed by atoms with Crippen LogP contribution in [0.15, 0.2) is 29.3 Å². The maximum atomic E-state index is 5.84. The number of amidine groups is 1. The van der Waals surface area contributed by atoms with E-state index in [0.29, 0.717) is 6.04 Å². The molecule has 0 amide bonds. The van der Waals surface area contributed by atoms with Gasteiger partial charge in [-0.15, -0.1) is 0 Å². The predicted molar refractivity (Wildman–Crippen MR) is 77.1 cm³/mol. The number of benzene rings is 1. The molecule has 1 N–H and O–H groups in total. The lowest BCUT2D eigenvalue weighted by atomic mass is 10.1. The molecule has 0 bridgehead atoms. The maximum Gasteiger partial charge on any atom is 0.156 e. The third kappa shape index (κ3) is 3.93. The van der Waals surface area contributed by atoms with Crippen molar-refractivity contribution in [2.24, 2.45) is 4.99 Å². The number of thioether (sulfide) groups is 1. The molecule has 1 atom stereocenters. The van der Waals surface area contributed by atoms with Crippen molar-refractivity contribution >= 4 is 28.5 Å². The molecule has 1 aliphatic rings. The quantitative estimate of drug-likeness (QED) is 0.906. The minimum absolute atomic E-state index is 0.606. The highest BCUT2D eigenvalue weighted by atomic mass is 35.5. The first-order chi connectivity index (χ1) is 8.28. The second kappa shape index (κ2) is 6.31. The van der Waals surface area contributed by atoms with E-state index >= 15 is 0 Å². The molecule has 17 heavy (non-hydrogen) atoms. The van der Waals surface area contributed by atoms with Gasteiger partial charge in [-0.25, -0.2) is 0 Å². The van der Waals surface area contributed by atoms with Crippen molar-refractivity contribution in [1.29, 1.82) is 0 Å². The van der Waals surface area contributed by atoms with Gasteiger partial charge in [-0.2, -0.15) is 0 Å². The lowest BCUT2D eigenvalue weighted by Crippen LogP contribution is -2.25. The van der Waals surface area contributed by atoms with E-state index in [-0.39, 0.29) is 0 Å². The summed E-state index contributed by atoms with van der Waals surface area (Å²) in [5.41, 5.74) is 1.29. The Labute approximate surface area is 112 Å². The molecule has 0 aromatic heterocycles. The van der Waals surface area contributed by atoms with Gasteiger partial charge in [0.2, 0.25) is 0 Å². The molecule has 1 saturated heterocycles. The third-order valence-electron chi connectivity index (χ3n) is 2.81. The number of nitrogens with one attached hydrogen (secondary N) is 1. The molecule has 1 fully saturated rings. The summed E-state index contributed by atoms with van der Waals surface area (Å²) in [5, 5.41) is 5.32. The molecule has 1 heterocycles. The molecule has 0 spiro atoms. The lowest BCUT2D eigenvalue weighted by molar-refractivity contribution is 0.667. The summed E-state index contributed by atoms with van der Waals surface area (Å²) in [6.07, 6.45) is 2.14. The van der Waals surface area contributed by atoms with Gasteiger partial charge in [0, 0.05) is 23.4 Å². The van der Waals surface area contributed by atoms with Crippen LogP contribution < -0.4 is 5.32 Å². The number of halogens is 1. The summed E-state index contributed by atoms with van der Waals surface area (Å²) < 4.78 is 0. The van der Waals surface area contributed by atoms with Crippen LogP contribution in [0, 0.1) is 0 Å². The van der Waals surface area contributed by atoms with Crippen LogP contribution >= 0.6 is 23.4 Å². The van der Waals surface area contributed by atoms with Gasteiger partial charge in [-0.1, -0.05) is 42.4 Å². The molecule has 1 aromatic rings. The average molecular weight is 269 g/mol. The molecular formula is C13H17ClN2S. The van der Waals surface area contributed by atoms with Crippen molar-refractivity contribution in [3.05, 3.63) is 34.9 Å². The van der Waals surface area contributed by atoms with Crippen LogP contribution in [0.5, 0.6) is 0 Å². The van der Waals surface area contributed by atoms with E-state index in [1.54, 1.807) is 0 Å². The highest BCUT2D eigenvalue weighted by Crippen LogP contribution is 2.16. The normalized spacial score (nSPS) is 21.8. The first-order valence-corrected chi connectivity index (χ1v) is 7.32. The Hall–Kier alpha value is -0.670. The molecule has 0 saturated carbocycles. The largest absolute Gasteiger partial charge is 0.361 e. The minimum atomic E-state index is 0.606. The van der Waals surface area contributed by atoms with Gasteiger partial charge in [-0.3, -0.25) is 4.99 Å². The van der Waals surface area contributed by atoms with E-state index in [4.69, 9.17) is 11.6 Å². The van der Waals surface area contributed by atoms with E-state index in [9.17, 15) is 0 Å². The monoisotopic (exact) mass is 268 g/mol. The molecule has 1 aliphatic heterocycles. The summed E-state index contributed by atoms with van der Waals surface area (Å²) >= 11 is 7.67. The van der Waals surface area contributed by atoms with Crippen molar-refractivity contribution in [2.75, 3.05) is 12.3 Å². The van der Waals surface area contributed by atoms with Gasteiger partial charge >= 0.3 is 0 Å². The Morgan fingerprint density at radius 3 is 2.82 bits per heavy atom. The molecule has 2 rings (SSSR count). The molecule has 1 unspecified atom stereocenters. The lowest BCUT2D eigenvalue weighted by Gasteiger charge is -2.04. The van der Waals surface area contributed by atoms with Crippen molar-refractivity contribution in [3.63, 3.8) is 0 Å². The van der Waals surface area contributed by atoms with Crippen molar-refractivity contribution in [2.45, 2.75) is 25.8 Å². The average Bonchev–Trinajstić information content (AvgIpc) is 2.80. The van der Waals surface area contributed by atoms with Crippen LogP contribution in [0.1, 0.15) is 18.9 Å². The van der Waals surface area contributed by atoms with Gasteiger partial charge in [-0.05, 0) is 30.5 Å². The SMILES string of the molecule is CCC1CSC(=NCCc2ccc(Cl)cc2)N1. The number of nitrogens with zero attached hydrogens (tertiary/aromatic N) is 1. The molecule has 92 valence electrons. The fourth-order valence-electron chi connectivity index (χ4n) is 1.69. The van der Waals surface area contributed by atoms with Crippen molar-refractivity contribution in [3.8, 4) is 0 Å². The van der Waals surface area contributed by atoms with E-state index in [0.717, 1.165) is 28.9 Å². The Balaban J connectivity index is 1.79. The van der Waals surface area contributed by atoms with Crippen molar-refractivity contribution < 1.29 is 0 Å². The molecule has 0 radical (unpaired) electrons. The second-order valence-corrected chi connectivity index (χ2v) is 5.57. The smallest absolute Gasteiger partial charge is 0.156 e. The Kier molecular flexibility index (Phi) is 4.75. The topological polar surface area (TPSA) is 24.4 Å². The standard InChI is InChI=1S/C13H17ClN2S/c1-2-12-9-17-13(16-12)15-8-7-10-3-5-11(14)6-4-10/h3-6,12H,2,7-9H2,1H3,(H,15,16). The first kappa shape index (κ1) is 12.8. The summed E-state index contributed by atoms with van der Waals surface area (Å²) in [7, 11) is 0. The Bertz CT molecular complexity index is 389. The maximum absolute atomic E-state index is 5.84. The van der Waals surface area contributed by atoms with Crippen LogP contribution in [0.25, 0.3) is 0 Å². The van der Waals surface area contributed by atoms with Crippen LogP contribution in [-0.4, -0.2) is 23.5 Å². The fraction of sp³-hybridized carbons (Fsp3) is 0.462. The summed E-state index contributed by atoms with van der Waals surface area (Å²) in [5.74, 6) is 1.15. The van der Waals surface area contributed by atoms with Crippen LogP contribution in [-0.2, 0) is 6.42 Å². The number of rotatable bonds is 4. The number of hydrogen-bond acceptors (Lipinski definition) is 2. The molecule has 0 aliphatic carbocycles. The zero-order valence-corrected chi connectivity index (χ0v) is 11.5. The highest BCUT2D eigenvalue weighted by molar-refractivity contribution is 8.14. The summed E-state index contributed by atoms with van der Waals surface area (Å²) in [6.45, 7) is 3.04. The van der Waals surface area contributed by atoms with Gasteiger partial charge in [0.25, 0.3) is 0 Å². The fourth-order valence-corrected chi connectivity index (χ4v) is 2.92. The van der Waals surface area contributed by atoms with E-state index in [1.807, 2.05) is 23.9 Å². The zero-order chi connectivity index (χ0) is 12.1. The molecular weight excluding hydrogens is 252 g/mol. The summed E-state index contributed by atoms with van der Waals surface area (Å²) in [6, 6.07) is 8.59. The van der Waals surface area contributed by atoms with Crippen LogP contribution in [0.3, 0.4) is 0 Å². The van der Waals surface area contributed by atoms with Gasteiger partial charge in [0.1, 0.15) is 0 Å². The third-order valence-corrected chi connectivity index (χ3v) is 4.15. The zero-order valence-electron chi connectivity index (χ0n) is 9.95.